The molecule has 0 amide bonds. The fourth-order valence-electron chi connectivity index (χ4n) is 2.03. The van der Waals surface area contributed by atoms with Crippen LogP contribution in [0.4, 0.5) is 4.39 Å². The van der Waals surface area contributed by atoms with Gasteiger partial charge in [0.1, 0.15) is 6.61 Å². The lowest BCUT2D eigenvalue weighted by molar-refractivity contribution is 0.0320. The maximum atomic E-state index is 13.8. The molecule has 1 aliphatic heterocycles. The molecule has 1 aromatic rings. The summed E-state index contributed by atoms with van der Waals surface area (Å²) >= 11 is 0. The lowest BCUT2D eigenvalue weighted by Gasteiger charge is -2.26. The zero-order valence-electron chi connectivity index (χ0n) is 11.3. The Morgan fingerprint density at radius 1 is 1.42 bits per heavy atom. The van der Waals surface area contributed by atoms with E-state index in [1.165, 1.54) is 6.07 Å². The smallest absolute Gasteiger partial charge is 0.165 e. The molecular weight excluding hydrogens is 247 g/mol. The second kappa shape index (κ2) is 6.84. The van der Waals surface area contributed by atoms with Crippen molar-refractivity contribution < 1.29 is 13.9 Å². The predicted molar refractivity (Wildman–Crippen MR) is 71.8 cm³/mol. The Morgan fingerprint density at radius 2 is 2.16 bits per heavy atom. The molecule has 0 unspecified atom stereocenters. The minimum Gasteiger partial charge on any atom is -0.489 e. The number of nitrogens with two attached hydrogens (primary N) is 1. The van der Waals surface area contributed by atoms with Gasteiger partial charge in [0.15, 0.2) is 11.6 Å². The van der Waals surface area contributed by atoms with Gasteiger partial charge in [-0.1, -0.05) is 6.07 Å². The molecule has 0 bridgehead atoms. The van der Waals surface area contributed by atoms with Gasteiger partial charge in [0.25, 0.3) is 0 Å². The SMILES string of the molecule is C[C@H](N)c1ccc(OCCN2CCOCC2)c(F)c1. The van der Waals surface area contributed by atoms with Crippen LogP contribution in [0.15, 0.2) is 18.2 Å². The van der Waals surface area contributed by atoms with Crippen LogP contribution in [-0.4, -0.2) is 44.4 Å². The van der Waals surface area contributed by atoms with E-state index in [1.54, 1.807) is 12.1 Å². The van der Waals surface area contributed by atoms with Crippen molar-refractivity contribution in [2.75, 3.05) is 39.5 Å². The molecule has 2 rings (SSSR count). The molecule has 1 aliphatic rings. The van der Waals surface area contributed by atoms with Crippen molar-refractivity contribution in [3.05, 3.63) is 29.6 Å². The lowest BCUT2D eigenvalue weighted by atomic mass is 10.1. The van der Waals surface area contributed by atoms with Gasteiger partial charge in [-0.05, 0) is 24.6 Å². The first kappa shape index (κ1) is 14.2. The van der Waals surface area contributed by atoms with Crippen LogP contribution in [0, 0.1) is 5.82 Å². The van der Waals surface area contributed by atoms with Gasteiger partial charge >= 0.3 is 0 Å². The van der Waals surface area contributed by atoms with Gasteiger partial charge in [-0.15, -0.1) is 0 Å². The standard InChI is InChI=1S/C14H21FN2O2/c1-11(16)12-2-3-14(13(15)10-12)19-9-6-17-4-7-18-8-5-17/h2-3,10-11H,4-9,16H2,1H3/t11-/m0/s1. The van der Waals surface area contributed by atoms with E-state index in [0.717, 1.165) is 38.4 Å². The molecule has 1 fully saturated rings. The highest BCUT2D eigenvalue weighted by molar-refractivity contribution is 5.30. The number of nitrogens with zero attached hydrogens (tertiary/aromatic N) is 1. The highest BCUT2D eigenvalue weighted by atomic mass is 19.1. The Labute approximate surface area is 113 Å². The van der Waals surface area contributed by atoms with E-state index in [2.05, 4.69) is 4.90 Å². The van der Waals surface area contributed by atoms with Crippen molar-refractivity contribution in [3.8, 4) is 5.75 Å². The maximum absolute atomic E-state index is 13.8. The van der Waals surface area contributed by atoms with Gasteiger partial charge in [-0.25, -0.2) is 4.39 Å². The number of hydrogen-bond donors (Lipinski definition) is 1. The molecule has 2 N–H and O–H groups in total. The highest BCUT2D eigenvalue weighted by Gasteiger charge is 2.11. The molecule has 1 heterocycles. The minimum atomic E-state index is -0.350. The average Bonchev–Trinajstić information content (AvgIpc) is 2.41. The lowest BCUT2D eigenvalue weighted by Crippen LogP contribution is -2.38. The normalized spacial score (nSPS) is 18.3. The van der Waals surface area contributed by atoms with Crippen LogP contribution in [-0.2, 0) is 4.74 Å². The summed E-state index contributed by atoms with van der Waals surface area (Å²) in [6.07, 6.45) is 0. The third-order valence-corrected chi connectivity index (χ3v) is 3.25. The van der Waals surface area contributed by atoms with Crippen LogP contribution in [0.5, 0.6) is 5.75 Å². The van der Waals surface area contributed by atoms with E-state index in [1.807, 2.05) is 6.92 Å². The fourth-order valence-corrected chi connectivity index (χ4v) is 2.03. The molecule has 1 aromatic carbocycles. The first-order valence-electron chi connectivity index (χ1n) is 6.65. The molecule has 0 saturated carbocycles. The minimum absolute atomic E-state index is 0.170. The van der Waals surface area contributed by atoms with E-state index in [-0.39, 0.29) is 17.6 Å². The van der Waals surface area contributed by atoms with Crippen LogP contribution in [0.25, 0.3) is 0 Å². The third kappa shape index (κ3) is 4.16. The number of halogens is 1. The van der Waals surface area contributed by atoms with E-state index in [0.29, 0.717) is 6.61 Å². The molecule has 0 aromatic heterocycles. The average molecular weight is 268 g/mol. The van der Waals surface area contributed by atoms with Crippen molar-refractivity contribution in [3.63, 3.8) is 0 Å². The zero-order chi connectivity index (χ0) is 13.7. The second-order valence-corrected chi connectivity index (χ2v) is 4.78. The Morgan fingerprint density at radius 3 is 2.79 bits per heavy atom. The van der Waals surface area contributed by atoms with Crippen LogP contribution >= 0.6 is 0 Å². The van der Waals surface area contributed by atoms with Crippen molar-refractivity contribution in [1.29, 1.82) is 0 Å². The maximum Gasteiger partial charge on any atom is 0.165 e. The predicted octanol–water partition coefficient (Wildman–Crippen LogP) is 1.56. The Hall–Kier alpha value is -1.17. The van der Waals surface area contributed by atoms with Gasteiger partial charge < -0.3 is 15.2 Å². The molecule has 0 aliphatic carbocycles. The summed E-state index contributed by atoms with van der Waals surface area (Å²) in [4.78, 5) is 2.25. The summed E-state index contributed by atoms with van der Waals surface area (Å²) in [5.41, 5.74) is 6.48. The number of morpholine rings is 1. The van der Waals surface area contributed by atoms with Crippen LogP contribution in [0.1, 0.15) is 18.5 Å². The summed E-state index contributed by atoms with van der Waals surface area (Å²) < 4.78 is 24.5. The fraction of sp³-hybridized carbons (Fsp3) is 0.571. The van der Waals surface area contributed by atoms with Gasteiger partial charge in [-0.3, -0.25) is 4.90 Å². The summed E-state index contributed by atoms with van der Waals surface area (Å²) in [5, 5.41) is 0. The van der Waals surface area contributed by atoms with Crippen molar-refractivity contribution in [2.24, 2.45) is 5.73 Å². The van der Waals surface area contributed by atoms with Crippen molar-refractivity contribution >= 4 is 0 Å². The topological polar surface area (TPSA) is 47.7 Å². The molecule has 1 atom stereocenters. The highest BCUT2D eigenvalue weighted by Crippen LogP contribution is 2.21. The van der Waals surface area contributed by atoms with Gasteiger partial charge in [0.2, 0.25) is 0 Å². The van der Waals surface area contributed by atoms with Crippen molar-refractivity contribution in [1.82, 2.24) is 4.90 Å². The van der Waals surface area contributed by atoms with Crippen LogP contribution < -0.4 is 10.5 Å². The van der Waals surface area contributed by atoms with E-state index in [4.69, 9.17) is 15.2 Å². The number of benzene rings is 1. The first-order valence-corrected chi connectivity index (χ1v) is 6.65. The molecule has 0 spiro atoms. The van der Waals surface area contributed by atoms with Crippen molar-refractivity contribution in [2.45, 2.75) is 13.0 Å². The number of rotatable bonds is 5. The summed E-state index contributed by atoms with van der Waals surface area (Å²) in [7, 11) is 0. The van der Waals surface area contributed by atoms with E-state index >= 15 is 0 Å². The Balaban J connectivity index is 1.82. The molecule has 5 heteroatoms. The molecule has 0 radical (unpaired) electrons. The monoisotopic (exact) mass is 268 g/mol. The quantitative estimate of drug-likeness (QED) is 0.880. The Kier molecular flexibility index (Phi) is 5.13. The second-order valence-electron chi connectivity index (χ2n) is 4.78. The summed E-state index contributed by atoms with van der Waals surface area (Å²) in [6, 6.07) is 4.72. The molecule has 1 saturated heterocycles. The number of ether oxygens (including phenoxy) is 2. The first-order chi connectivity index (χ1) is 9.16. The zero-order valence-corrected chi connectivity index (χ0v) is 11.3. The third-order valence-electron chi connectivity index (χ3n) is 3.25. The summed E-state index contributed by atoms with van der Waals surface area (Å²) in [5.74, 6) is -0.0607. The van der Waals surface area contributed by atoms with Gasteiger partial charge in [0, 0.05) is 25.7 Å². The largest absolute Gasteiger partial charge is 0.489 e. The van der Waals surface area contributed by atoms with E-state index in [9.17, 15) is 4.39 Å². The Bertz CT molecular complexity index is 406. The van der Waals surface area contributed by atoms with Crippen LogP contribution in [0.2, 0.25) is 0 Å². The molecular formula is C14H21FN2O2. The van der Waals surface area contributed by atoms with E-state index < -0.39 is 0 Å². The molecule has 19 heavy (non-hydrogen) atoms. The van der Waals surface area contributed by atoms with Crippen LogP contribution in [0.3, 0.4) is 0 Å². The molecule has 4 nitrogen and oxygen atoms in total. The number of hydrogen-bond acceptors (Lipinski definition) is 4. The van der Waals surface area contributed by atoms with Gasteiger partial charge in [-0.2, -0.15) is 0 Å². The summed E-state index contributed by atoms with van der Waals surface area (Å²) in [6.45, 7) is 6.44. The van der Waals surface area contributed by atoms with Gasteiger partial charge in [0.05, 0.1) is 13.2 Å². The molecule has 106 valence electrons.